The van der Waals surface area contributed by atoms with Crippen molar-refractivity contribution >= 4 is 10.2 Å². The van der Waals surface area contributed by atoms with E-state index in [1.54, 1.807) is 11.4 Å². The van der Waals surface area contributed by atoms with Crippen LogP contribution in [0, 0.1) is 5.92 Å². The van der Waals surface area contributed by atoms with Gasteiger partial charge in [0.05, 0.1) is 7.11 Å². The first kappa shape index (κ1) is 16.3. The van der Waals surface area contributed by atoms with Crippen LogP contribution in [0.5, 0.6) is 5.75 Å². The van der Waals surface area contributed by atoms with E-state index in [4.69, 9.17) is 4.74 Å². The van der Waals surface area contributed by atoms with Gasteiger partial charge < -0.3 is 4.74 Å². The fourth-order valence-corrected chi connectivity index (χ4v) is 4.04. The van der Waals surface area contributed by atoms with Crippen LogP contribution in [-0.2, 0) is 16.6 Å². The Morgan fingerprint density at radius 2 is 2.14 bits per heavy atom. The predicted octanol–water partition coefficient (Wildman–Crippen LogP) is 1.80. The average Bonchev–Trinajstić information content (AvgIpc) is 2.47. The van der Waals surface area contributed by atoms with Crippen molar-refractivity contribution in [1.82, 2.24) is 9.03 Å². The van der Waals surface area contributed by atoms with Crippen molar-refractivity contribution in [2.24, 2.45) is 5.92 Å². The van der Waals surface area contributed by atoms with Gasteiger partial charge in [0, 0.05) is 19.6 Å². The van der Waals surface area contributed by atoms with E-state index in [-0.39, 0.29) is 0 Å². The van der Waals surface area contributed by atoms with Gasteiger partial charge in [-0.05, 0) is 36.8 Å². The highest BCUT2D eigenvalue weighted by Gasteiger charge is 2.26. The molecule has 0 radical (unpaired) electrons. The lowest BCUT2D eigenvalue weighted by Crippen LogP contribution is -2.46. The maximum Gasteiger partial charge on any atom is 0.279 e. The first-order chi connectivity index (χ1) is 10.0. The number of piperidine rings is 1. The molecule has 0 spiro atoms. The van der Waals surface area contributed by atoms with Gasteiger partial charge >= 0.3 is 0 Å². The van der Waals surface area contributed by atoms with E-state index < -0.39 is 10.2 Å². The predicted molar refractivity (Wildman–Crippen MR) is 83.6 cm³/mol. The molecule has 0 amide bonds. The van der Waals surface area contributed by atoms with Crippen LogP contribution in [0.15, 0.2) is 24.3 Å². The second-order valence-electron chi connectivity index (χ2n) is 5.57. The molecule has 1 atom stereocenters. The van der Waals surface area contributed by atoms with Crippen LogP contribution in [0.2, 0.25) is 0 Å². The lowest BCUT2D eigenvalue weighted by molar-refractivity contribution is 0.278. The molecule has 0 aromatic heterocycles. The molecule has 0 aliphatic carbocycles. The van der Waals surface area contributed by atoms with Crippen LogP contribution in [0.4, 0.5) is 0 Å². The summed E-state index contributed by atoms with van der Waals surface area (Å²) in [4.78, 5) is 0. The molecular formula is C15H24N2O3S. The molecule has 1 saturated heterocycles. The van der Waals surface area contributed by atoms with Gasteiger partial charge in [0.25, 0.3) is 10.2 Å². The highest BCUT2D eigenvalue weighted by Crippen LogP contribution is 2.19. The first-order valence-electron chi connectivity index (χ1n) is 7.39. The van der Waals surface area contributed by atoms with Gasteiger partial charge in [-0.1, -0.05) is 25.1 Å². The van der Waals surface area contributed by atoms with Crippen molar-refractivity contribution in [2.75, 3.05) is 26.7 Å². The summed E-state index contributed by atoms with van der Waals surface area (Å²) in [6, 6.07) is 7.67. The maximum absolute atomic E-state index is 12.3. The van der Waals surface area contributed by atoms with Crippen molar-refractivity contribution in [1.29, 1.82) is 0 Å². The van der Waals surface area contributed by atoms with Gasteiger partial charge in [0.1, 0.15) is 5.75 Å². The number of benzene rings is 1. The van der Waals surface area contributed by atoms with Crippen LogP contribution in [0.1, 0.15) is 25.3 Å². The minimum Gasteiger partial charge on any atom is -0.496 e. The zero-order valence-electron chi connectivity index (χ0n) is 12.7. The van der Waals surface area contributed by atoms with Crippen molar-refractivity contribution in [3.8, 4) is 5.75 Å². The molecule has 1 fully saturated rings. The molecule has 1 N–H and O–H groups in total. The van der Waals surface area contributed by atoms with E-state index in [0.29, 0.717) is 32.0 Å². The number of methoxy groups -OCH3 is 1. The van der Waals surface area contributed by atoms with Gasteiger partial charge in [0.15, 0.2) is 0 Å². The van der Waals surface area contributed by atoms with Gasteiger partial charge in [-0.3, -0.25) is 0 Å². The monoisotopic (exact) mass is 312 g/mol. The fraction of sp³-hybridized carbons (Fsp3) is 0.600. The Balaban J connectivity index is 1.90. The number of rotatable bonds is 6. The number of para-hydroxylation sites is 1. The molecule has 1 aromatic rings. The lowest BCUT2D eigenvalue weighted by Gasteiger charge is -2.30. The Bertz CT molecular complexity index is 560. The Morgan fingerprint density at radius 1 is 1.38 bits per heavy atom. The third kappa shape index (κ3) is 4.43. The summed E-state index contributed by atoms with van der Waals surface area (Å²) in [6.45, 7) is 3.71. The molecule has 0 saturated carbocycles. The van der Waals surface area contributed by atoms with Crippen molar-refractivity contribution < 1.29 is 13.2 Å². The zero-order chi connectivity index (χ0) is 15.3. The average molecular weight is 312 g/mol. The molecule has 0 unspecified atom stereocenters. The minimum atomic E-state index is -3.36. The van der Waals surface area contributed by atoms with Crippen LogP contribution in [0.25, 0.3) is 0 Å². The van der Waals surface area contributed by atoms with Crippen LogP contribution >= 0.6 is 0 Å². The quantitative estimate of drug-likeness (QED) is 0.871. The number of ether oxygens (including phenoxy) is 1. The molecule has 5 nitrogen and oxygen atoms in total. The molecule has 1 aliphatic rings. The number of nitrogens with zero attached hydrogens (tertiary/aromatic N) is 1. The summed E-state index contributed by atoms with van der Waals surface area (Å²) in [5.41, 5.74) is 1.01. The largest absolute Gasteiger partial charge is 0.496 e. The maximum atomic E-state index is 12.3. The Morgan fingerprint density at radius 3 is 2.86 bits per heavy atom. The summed E-state index contributed by atoms with van der Waals surface area (Å²) < 4.78 is 34.0. The summed E-state index contributed by atoms with van der Waals surface area (Å²) in [7, 11) is -1.74. The van der Waals surface area contributed by atoms with Gasteiger partial charge in [0.2, 0.25) is 0 Å². The topological polar surface area (TPSA) is 58.6 Å². The van der Waals surface area contributed by atoms with E-state index in [9.17, 15) is 8.42 Å². The highest BCUT2D eigenvalue weighted by molar-refractivity contribution is 7.87. The van der Waals surface area contributed by atoms with E-state index in [1.807, 2.05) is 24.3 Å². The highest BCUT2D eigenvalue weighted by atomic mass is 32.2. The smallest absolute Gasteiger partial charge is 0.279 e. The number of nitrogens with one attached hydrogen (secondary N) is 1. The Kier molecular flexibility index (Phi) is 5.61. The van der Waals surface area contributed by atoms with Crippen LogP contribution in [-0.4, -0.2) is 39.5 Å². The summed E-state index contributed by atoms with van der Waals surface area (Å²) >= 11 is 0. The van der Waals surface area contributed by atoms with E-state index in [0.717, 1.165) is 24.2 Å². The van der Waals surface area contributed by atoms with E-state index in [1.165, 1.54) is 0 Å². The molecule has 1 heterocycles. The third-order valence-corrected chi connectivity index (χ3v) is 5.41. The lowest BCUT2D eigenvalue weighted by atomic mass is 10.0. The molecule has 1 aliphatic heterocycles. The molecular weight excluding hydrogens is 288 g/mol. The number of hydrogen-bond donors (Lipinski definition) is 1. The Labute approximate surface area is 127 Å². The second-order valence-corrected chi connectivity index (χ2v) is 7.32. The Hall–Kier alpha value is -1.11. The minimum absolute atomic E-state index is 0.383. The van der Waals surface area contributed by atoms with Crippen molar-refractivity contribution in [3.63, 3.8) is 0 Å². The fourth-order valence-electron chi connectivity index (χ4n) is 2.68. The van der Waals surface area contributed by atoms with E-state index in [2.05, 4.69) is 11.6 Å². The first-order valence-corrected chi connectivity index (χ1v) is 8.83. The standard InChI is InChI=1S/C15H24N2O3S/c1-13-6-5-11-17(12-13)21(18,19)16-10-9-14-7-3-4-8-15(14)20-2/h3-4,7-8,13,16H,5-6,9-12H2,1-2H3/t13-/m0/s1. The SMILES string of the molecule is COc1ccccc1CCNS(=O)(=O)N1CCC[C@H](C)C1. The summed E-state index contributed by atoms with van der Waals surface area (Å²) in [5.74, 6) is 1.23. The molecule has 118 valence electrons. The molecule has 6 heteroatoms. The van der Waals surface area contributed by atoms with E-state index >= 15 is 0 Å². The molecule has 1 aromatic carbocycles. The zero-order valence-corrected chi connectivity index (χ0v) is 13.5. The van der Waals surface area contributed by atoms with Crippen molar-refractivity contribution in [2.45, 2.75) is 26.2 Å². The van der Waals surface area contributed by atoms with Crippen LogP contribution < -0.4 is 9.46 Å². The summed E-state index contributed by atoms with van der Waals surface area (Å²) in [6.07, 6.45) is 2.66. The summed E-state index contributed by atoms with van der Waals surface area (Å²) in [5, 5.41) is 0. The van der Waals surface area contributed by atoms with Gasteiger partial charge in [-0.15, -0.1) is 0 Å². The number of hydrogen-bond acceptors (Lipinski definition) is 3. The van der Waals surface area contributed by atoms with Crippen molar-refractivity contribution in [3.05, 3.63) is 29.8 Å². The van der Waals surface area contributed by atoms with Crippen LogP contribution in [0.3, 0.4) is 0 Å². The second kappa shape index (κ2) is 7.24. The molecule has 2 rings (SSSR count). The normalized spacial score (nSPS) is 20.4. The van der Waals surface area contributed by atoms with Gasteiger partial charge in [-0.2, -0.15) is 12.7 Å². The van der Waals surface area contributed by atoms with Gasteiger partial charge in [-0.25, -0.2) is 4.72 Å². The molecule has 0 bridgehead atoms. The molecule has 21 heavy (non-hydrogen) atoms. The third-order valence-electron chi connectivity index (χ3n) is 3.83.